The Morgan fingerprint density at radius 2 is 1.89 bits per heavy atom. The Balaban J connectivity index is 2.25. The van der Waals surface area contributed by atoms with Crippen LogP contribution in [0.15, 0.2) is 47.4 Å². The van der Waals surface area contributed by atoms with Crippen molar-refractivity contribution in [3.05, 3.63) is 58.6 Å². The van der Waals surface area contributed by atoms with Gasteiger partial charge in [-0.25, -0.2) is 13.6 Å². The van der Waals surface area contributed by atoms with Crippen molar-refractivity contribution in [2.75, 3.05) is 12.4 Å². The van der Waals surface area contributed by atoms with Crippen molar-refractivity contribution >= 4 is 39.3 Å². The Kier molecular flexibility index (Phi) is 6.37. The zero-order valence-electron chi connectivity index (χ0n) is 14.2. The van der Waals surface area contributed by atoms with Gasteiger partial charge in [-0.1, -0.05) is 17.7 Å². The third-order valence-corrected chi connectivity index (χ3v) is 4.72. The zero-order chi connectivity index (χ0) is 21.1. The molecule has 3 N–H and O–H groups in total. The number of anilines is 1. The highest BCUT2D eigenvalue weighted by Gasteiger charge is 2.33. The summed E-state index contributed by atoms with van der Waals surface area (Å²) in [7, 11) is -2.70. The molecule has 0 unspecified atom stereocenters. The number of halogens is 4. The summed E-state index contributed by atoms with van der Waals surface area (Å²) in [6.45, 7) is 0. The van der Waals surface area contributed by atoms with Gasteiger partial charge < -0.3 is 10.1 Å². The van der Waals surface area contributed by atoms with Crippen LogP contribution in [0.3, 0.4) is 0 Å². The van der Waals surface area contributed by atoms with E-state index in [0.29, 0.717) is 0 Å². The number of primary sulfonamides is 1. The summed E-state index contributed by atoms with van der Waals surface area (Å²) in [5.41, 5.74) is -0.910. The molecule has 11 heteroatoms. The number of benzene rings is 2. The van der Waals surface area contributed by atoms with E-state index in [1.165, 1.54) is 25.3 Å². The summed E-state index contributed by atoms with van der Waals surface area (Å²) in [6.07, 6.45) is -2.51. The molecule has 0 aromatic heterocycles. The number of nitrogens with two attached hydrogens (primary N) is 1. The topological polar surface area (TPSA) is 98.5 Å². The van der Waals surface area contributed by atoms with E-state index >= 15 is 0 Å². The number of rotatable bonds is 5. The van der Waals surface area contributed by atoms with E-state index in [4.69, 9.17) is 21.5 Å². The minimum absolute atomic E-state index is 0.0239. The van der Waals surface area contributed by atoms with Crippen LogP contribution in [-0.2, 0) is 21.0 Å². The summed E-state index contributed by atoms with van der Waals surface area (Å²) in [6, 6.07) is 6.78. The molecule has 0 aliphatic rings. The highest BCUT2D eigenvalue weighted by atomic mass is 35.5. The molecule has 0 saturated heterocycles. The fourth-order valence-corrected chi connectivity index (χ4v) is 2.94. The number of hydrogen-bond donors (Lipinski definition) is 2. The summed E-state index contributed by atoms with van der Waals surface area (Å²) in [5, 5.41) is 6.97. The Morgan fingerprint density at radius 3 is 2.46 bits per heavy atom. The van der Waals surface area contributed by atoms with E-state index in [0.717, 1.165) is 30.4 Å². The molecule has 0 heterocycles. The van der Waals surface area contributed by atoms with Crippen LogP contribution in [0.2, 0.25) is 5.02 Å². The van der Waals surface area contributed by atoms with Crippen LogP contribution in [0.1, 0.15) is 11.1 Å². The van der Waals surface area contributed by atoms with Crippen LogP contribution in [-0.4, -0.2) is 21.4 Å². The predicted octanol–water partition coefficient (Wildman–Crippen LogP) is 3.67. The maximum absolute atomic E-state index is 12.9. The molecular weight excluding hydrogens is 421 g/mol. The molecule has 0 radical (unpaired) electrons. The van der Waals surface area contributed by atoms with Crippen LogP contribution in [0, 0.1) is 0 Å². The first-order valence-corrected chi connectivity index (χ1v) is 9.41. The maximum Gasteiger partial charge on any atom is 0.417 e. The smallest absolute Gasteiger partial charge is 0.417 e. The minimum atomic E-state index is -4.63. The molecule has 0 aliphatic carbocycles. The second-order valence-electron chi connectivity index (χ2n) is 5.47. The third-order valence-electron chi connectivity index (χ3n) is 3.48. The summed E-state index contributed by atoms with van der Waals surface area (Å²) >= 11 is 5.54. The molecule has 0 spiro atoms. The molecule has 0 fully saturated rings. The van der Waals surface area contributed by atoms with Crippen molar-refractivity contribution in [1.29, 1.82) is 0 Å². The lowest BCUT2D eigenvalue weighted by Crippen LogP contribution is -2.14. The molecule has 6 nitrogen and oxygen atoms in total. The maximum atomic E-state index is 12.9. The highest BCUT2D eigenvalue weighted by Crippen LogP contribution is 2.35. The fraction of sp³-hybridized carbons (Fsp3) is 0.118. The van der Waals surface area contributed by atoms with Gasteiger partial charge in [0.05, 0.1) is 28.3 Å². The van der Waals surface area contributed by atoms with Gasteiger partial charge in [0.15, 0.2) is 0 Å². The predicted molar refractivity (Wildman–Crippen MR) is 98.5 cm³/mol. The van der Waals surface area contributed by atoms with Gasteiger partial charge in [-0.3, -0.25) is 4.79 Å². The molecule has 0 aliphatic heterocycles. The molecular formula is C17H14ClF3N2O4S. The quantitative estimate of drug-likeness (QED) is 0.701. The third kappa shape index (κ3) is 5.47. The number of methoxy groups -OCH3 is 1. The van der Waals surface area contributed by atoms with E-state index in [2.05, 4.69) is 5.32 Å². The lowest BCUT2D eigenvalue weighted by atomic mass is 10.1. The number of ether oxygens (including phenoxy) is 1. The van der Waals surface area contributed by atoms with Gasteiger partial charge in [-0.15, -0.1) is 0 Å². The summed E-state index contributed by atoms with van der Waals surface area (Å²) in [5.74, 6) is -0.562. The summed E-state index contributed by atoms with van der Waals surface area (Å²) < 4.78 is 66.5. The van der Waals surface area contributed by atoms with Gasteiger partial charge in [-0.05, 0) is 42.0 Å². The number of amides is 1. The van der Waals surface area contributed by atoms with Crippen LogP contribution < -0.4 is 15.2 Å². The number of alkyl halides is 3. The van der Waals surface area contributed by atoms with Gasteiger partial charge in [0.2, 0.25) is 15.9 Å². The first-order valence-electron chi connectivity index (χ1n) is 7.48. The lowest BCUT2D eigenvalue weighted by molar-refractivity contribution is -0.137. The summed E-state index contributed by atoms with van der Waals surface area (Å²) in [4.78, 5) is 11.8. The van der Waals surface area contributed by atoms with E-state index in [9.17, 15) is 26.4 Å². The second-order valence-corrected chi connectivity index (χ2v) is 7.44. The normalized spacial score (nSPS) is 12.2. The van der Waals surface area contributed by atoms with Crippen molar-refractivity contribution in [1.82, 2.24) is 0 Å². The molecule has 28 heavy (non-hydrogen) atoms. The lowest BCUT2D eigenvalue weighted by Gasteiger charge is -2.10. The molecule has 0 saturated carbocycles. The van der Waals surface area contributed by atoms with E-state index in [1.807, 2.05) is 0 Å². The molecule has 2 aromatic carbocycles. The fourth-order valence-electron chi connectivity index (χ4n) is 2.17. The van der Waals surface area contributed by atoms with Crippen LogP contribution in [0.25, 0.3) is 6.08 Å². The average molecular weight is 435 g/mol. The van der Waals surface area contributed by atoms with Gasteiger partial charge in [0.25, 0.3) is 0 Å². The van der Waals surface area contributed by atoms with Crippen molar-refractivity contribution in [2.45, 2.75) is 11.1 Å². The molecule has 0 atom stereocenters. The van der Waals surface area contributed by atoms with Crippen molar-refractivity contribution in [3.8, 4) is 5.75 Å². The van der Waals surface area contributed by atoms with Gasteiger partial charge in [0.1, 0.15) is 5.75 Å². The Bertz CT molecular complexity index is 1040. The number of carbonyl (C=O) groups excluding carboxylic acids is 1. The van der Waals surface area contributed by atoms with Crippen LogP contribution in [0.4, 0.5) is 18.9 Å². The zero-order valence-corrected chi connectivity index (χ0v) is 15.8. The molecule has 2 rings (SSSR count). The van der Waals surface area contributed by atoms with E-state index < -0.39 is 32.7 Å². The SMILES string of the molecule is COc1ccc(S(N)(=O)=O)cc1NC(=O)/C=C/c1ccc(Cl)c(C(F)(F)F)c1. The van der Waals surface area contributed by atoms with Gasteiger partial charge in [-0.2, -0.15) is 13.2 Å². The van der Waals surface area contributed by atoms with Crippen LogP contribution >= 0.6 is 11.6 Å². The van der Waals surface area contributed by atoms with Crippen molar-refractivity contribution < 1.29 is 31.1 Å². The number of nitrogens with one attached hydrogen (secondary N) is 1. The molecule has 1 amide bonds. The van der Waals surface area contributed by atoms with Gasteiger partial charge >= 0.3 is 6.18 Å². The van der Waals surface area contributed by atoms with E-state index in [-0.39, 0.29) is 21.9 Å². The highest BCUT2D eigenvalue weighted by molar-refractivity contribution is 7.89. The first-order chi connectivity index (χ1) is 12.9. The monoisotopic (exact) mass is 434 g/mol. The molecule has 0 bridgehead atoms. The van der Waals surface area contributed by atoms with Crippen molar-refractivity contribution in [2.24, 2.45) is 5.14 Å². The molecule has 2 aromatic rings. The Labute approximate surface area is 163 Å². The Morgan fingerprint density at radius 1 is 1.21 bits per heavy atom. The standard InChI is InChI=1S/C17H14ClF3N2O4S/c1-27-15-6-4-11(28(22,25)26)9-14(15)23-16(24)7-3-10-2-5-13(18)12(8-10)17(19,20)21/h2-9H,1H3,(H,23,24)(H2,22,25,26)/b7-3+. The number of sulfonamides is 1. The van der Waals surface area contributed by atoms with E-state index in [1.54, 1.807) is 0 Å². The van der Waals surface area contributed by atoms with Crippen LogP contribution in [0.5, 0.6) is 5.75 Å². The van der Waals surface area contributed by atoms with Gasteiger partial charge in [0, 0.05) is 6.08 Å². The molecule has 150 valence electrons. The Hall–Kier alpha value is -2.56. The average Bonchev–Trinajstić information content (AvgIpc) is 2.59. The largest absolute Gasteiger partial charge is 0.495 e. The van der Waals surface area contributed by atoms with Crippen molar-refractivity contribution in [3.63, 3.8) is 0 Å². The number of carbonyl (C=O) groups is 1. The minimum Gasteiger partial charge on any atom is -0.495 e. The number of hydrogen-bond acceptors (Lipinski definition) is 4. The second kappa shape index (κ2) is 8.21. The first kappa shape index (κ1) is 21.7.